The van der Waals surface area contributed by atoms with E-state index in [0.717, 1.165) is 31.2 Å². The zero-order valence-corrected chi connectivity index (χ0v) is 15.8. The van der Waals surface area contributed by atoms with Gasteiger partial charge in [-0.15, -0.1) is 11.3 Å². The highest BCUT2D eigenvalue weighted by atomic mass is 32.2. The number of aryl methyl sites for hydroxylation is 3. The summed E-state index contributed by atoms with van der Waals surface area (Å²) in [6, 6.07) is 10.2. The van der Waals surface area contributed by atoms with E-state index in [9.17, 15) is 4.79 Å². The molecule has 0 spiro atoms. The van der Waals surface area contributed by atoms with Gasteiger partial charge < -0.3 is 4.98 Å². The lowest BCUT2D eigenvalue weighted by Crippen LogP contribution is -2.10. The first-order chi connectivity index (χ1) is 12.0. The Balaban J connectivity index is 1.65. The van der Waals surface area contributed by atoms with Crippen molar-refractivity contribution >= 4 is 44.2 Å². The third-order valence-electron chi connectivity index (χ3n) is 4.34. The number of thioether (sulfide) groups is 1. The smallest absolute Gasteiger partial charge is 0.259 e. The molecule has 0 atom stereocenters. The number of benzene rings is 1. The third-order valence-corrected chi connectivity index (χ3v) is 6.37. The molecular weight excluding hydrogens is 350 g/mol. The summed E-state index contributed by atoms with van der Waals surface area (Å²) in [5.41, 5.74) is 3.17. The van der Waals surface area contributed by atoms with Crippen LogP contribution in [-0.4, -0.2) is 15.0 Å². The summed E-state index contributed by atoms with van der Waals surface area (Å²) in [5.74, 6) is 1.28. The van der Waals surface area contributed by atoms with Gasteiger partial charge in [0.05, 0.1) is 21.7 Å². The Morgan fingerprint density at radius 3 is 2.80 bits per heavy atom. The van der Waals surface area contributed by atoms with E-state index in [4.69, 9.17) is 4.98 Å². The summed E-state index contributed by atoms with van der Waals surface area (Å²) in [4.78, 5) is 26.6. The van der Waals surface area contributed by atoms with Crippen molar-refractivity contribution in [1.29, 1.82) is 0 Å². The number of hydrogen-bond donors (Lipinski definition) is 1. The standard InChI is InChI=1S/C19H17N3OS2/c1-10-8-16(20-14-7-5-4-6-13(10)14)24-9-15-21-18(23)17-11(2)12(3)25-19(17)22-15/h4-8H,9H2,1-3H3,(H,21,22,23). The van der Waals surface area contributed by atoms with Crippen LogP contribution in [0.4, 0.5) is 0 Å². The van der Waals surface area contributed by atoms with E-state index < -0.39 is 0 Å². The molecule has 3 heterocycles. The van der Waals surface area contributed by atoms with Crippen LogP contribution in [0.15, 0.2) is 40.2 Å². The Hall–Kier alpha value is -2.18. The maximum absolute atomic E-state index is 12.4. The second-order valence-electron chi connectivity index (χ2n) is 6.06. The van der Waals surface area contributed by atoms with Crippen LogP contribution in [-0.2, 0) is 5.75 Å². The molecule has 0 unspecified atom stereocenters. The molecular formula is C19H17N3OS2. The SMILES string of the molecule is Cc1sc2nc(CSc3cc(C)c4ccccc4n3)[nH]c(=O)c2c1C. The number of nitrogens with zero attached hydrogens (tertiary/aromatic N) is 2. The fraction of sp³-hybridized carbons (Fsp3) is 0.211. The summed E-state index contributed by atoms with van der Waals surface area (Å²) in [6.07, 6.45) is 0. The molecule has 0 radical (unpaired) electrons. The second-order valence-corrected chi connectivity index (χ2v) is 8.26. The summed E-state index contributed by atoms with van der Waals surface area (Å²) in [6.45, 7) is 6.09. The number of aromatic amines is 1. The lowest BCUT2D eigenvalue weighted by molar-refractivity contribution is 1.04. The molecule has 4 rings (SSSR count). The minimum atomic E-state index is -0.0508. The molecule has 0 amide bonds. The highest BCUT2D eigenvalue weighted by molar-refractivity contribution is 7.98. The largest absolute Gasteiger partial charge is 0.309 e. The second kappa shape index (κ2) is 6.28. The van der Waals surface area contributed by atoms with E-state index in [0.29, 0.717) is 11.6 Å². The minimum Gasteiger partial charge on any atom is -0.309 e. The topological polar surface area (TPSA) is 58.6 Å². The molecule has 25 heavy (non-hydrogen) atoms. The predicted octanol–water partition coefficient (Wildman–Crippen LogP) is 4.75. The van der Waals surface area contributed by atoms with E-state index in [-0.39, 0.29) is 5.56 Å². The quantitative estimate of drug-likeness (QED) is 0.531. The first kappa shape index (κ1) is 16.3. The first-order valence-corrected chi connectivity index (χ1v) is 9.81. The molecule has 0 bridgehead atoms. The Kier molecular flexibility index (Phi) is 4.09. The number of rotatable bonds is 3. The minimum absolute atomic E-state index is 0.0508. The normalized spacial score (nSPS) is 11.5. The number of nitrogens with one attached hydrogen (secondary N) is 1. The average molecular weight is 367 g/mol. The van der Waals surface area contributed by atoms with Crippen LogP contribution in [0.2, 0.25) is 0 Å². The van der Waals surface area contributed by atoms with E-state index in [1.54, 1.807) is 23.1 Å². The van der Waals surface area contributed by atoms with Crippen LogP contribution in [0.1, 0.15) is 21.8 Å². The van der Waals surface area contributed by atoms with Crippen LogP contribution in [0.25, 0.3) is 21.1 Å². The Morgan fingerprint density at radius 1 is 1.16 bits per heavy atom. The summed E-state index contributed by atoms with van der Waals surface area (Å²) < 4.78 is 0. The fourth-order valence-electron chi connectivity index (χ4n) is 2.90. The molecule has 0 saturated carbocycles. The summed E-state index contributed by atoms with van der Waals surface area (Å²) in [5, 5.41) is 2.83. The molecule has 4 aromatic rings. The van der Waals surface area contributed by atoms with Gasteiger partial charge in [-0.25, -0.2) is 9.97 Å². The van der Waals surface area contributed by atoms with Crippen LogP contribution in [0, 0.1) is 20.8 Å². The van der Waals surface area contributed by atoms with Crippen molar-refractivity contribution in [2.45, 2.75) is 31.6 Å². The molecule has 0 aliphatic carbocycles. The monoisotopic (exact) mass is 367 g/mol. The number of fused-ring (bicyclic) bond motifs is 2. The number of H-pyrrole nitrogens is 1. The van der Waals surface area contributed by atoms with Gasteiger partial charge in [0.15, 0.2) is 0 Å². The third kappa shape index (κ3) is 2.96. The molecule has 4 nitrogen and oxygen atoms in total. The van der Waals surface area contributed by atoms with Gasteiger partial charge in [0.25, 0.3) is 5.56 Å². The van der Waals surface area contributed by atoms with E-state index in [2.05, 4.69) is 29.0 Å². The van der Waals surface area contributed by atoms with Gasteiger partial charge in [-0.3, -0.25) is 4.79 Å². The highest BCUT2D eigenvalue weighted by Gasteiger charge is 2.12. The molecule has 0 aliphatic rings. The summed E-state index contributed by atoms with van der Waals surface area (Å²) >= 11 is 3.17. The molecule has 6 heteroatoms. The van der Waals surface area contributed by atoms with Crippen molar-refractivity contribution in [3.63, 3.8) is 0 Å². The van der Waals surface area contributed by atoms with Crippen LogP contribution in [0.5, 0.6) is 0 Å². The van der Waals surface area contributed by atoms with E-state index in [1.807, 2.05) is 32.0 Å². The first-order valence-electron chi connectivity index (χ1n) is 8.01. The van der Waals surface area contributed by atoms with Gasteiger partial charge in [-0.05, 0) is 44.0 Å². The van der Waals surface area contributed by atoms with Crippen molar-refractivity contribution in [1.82, 2.24) is 15.0 Å². The van der Waals surface area contributed by atoms with Crippen LogP contribution >= 0.6 is 23.1 Å². The van der Waals surface area contributed by atoms with Crippen molar-refractivity contribution in [2.24, 2.45) is 0 Å². The van der Waals surface area contributed by atoms with Gasteiger partial charge >= 0.3 is 0 Å². The van der Waals surface area contributed by atoms with E-state index >= 15 is 0 Å². The number of hydrogen-bond acceptors (Lipinski definition) is 5. The molecule has 1 aromatic carbocycles. The maximum atomic E-state index is 12.4. The van der Waals surface area contributed by atoms with E-state index in [1.165, 1.54) is 10.9 Å². The van der Waals surface area contributed by atoms with Crippen molar-refractivity contribution in [2.75, 3.05) is 0 Å². The number of pyridine rings is 1. The molecule has 126 valence electrons. The zero-order chi connectivity index (χ0) is 17.6. The Bertz CT molecular complexity index is 1160. The summed E-state index contributed by atoms with van der Waals surface area (Å²) in [7, 11) is 0. The molecule has 0 fully saturated rings. The molecule has 0 saturated heterocycles. The Labute approximate surface area is 153 Å². The number of thiophene rings is 1. The van der Waals surface area contributed by atoms with Crippen molar-refractivity contribution < 1.29 is 0 Å². The van der Waals surface area contributed by atoms with Gasteiger partial charge in [0.2, 0.25) is 0 Å². The Morgan fingerprint density at radius 2 is 1.96 bits per heavy atom. The van der Waals surface area contributed by atoms with Gasteiger partial charge in [-0.1, -0.05) is 30.0 Å². The molecule has 0 aliphatic heterocycles. The van der Waals surface area contributed by atoms with Crippen molar-refractivity contribution in [3.05, 3.63) is 62.5 Å². The van der Waals surface area contributed by atoms with Crippen molar-refractivity contribution in [3.8, 4) is 0 Å². The molecule has 1 N–H and O–H groups in total. The average Bonchev–Trinajstić information content (AvgIpc) is 2.88. The van der Waals surface area contributed by atoms with Gasteiger partial charge in [-0.2, -0.15) is 0 Å². The molecule has 3 aromatic heterocycles. The van der Waals surface area contributed by atoms with Crippen LogP contribution in [0.3, 0.4) is 0 Å². The zero-order valence-electron chi connectivity index (χ0n) is 14.2. The number of para-hydroxylation sites is 1. The maximum Gasteiger partial charge on any atom is 0.259 e. The number of aromatic nitrogens is 3. The van der Waals surface area contributed by atoms with Gasteiger partial charge in [0.1, 0.15) is 10.7 Å². The lowest BCUT2D eigenvalue weighted by atomic mass is 10.1. The van der Waals surface area contributed by atoms with Gasteiger partial charge in [0, 0.05) is 10.3 Å². The predicted molar refractivity (Wildman–Crippen MR) is 106 cm³/mol. The lowest BCUT2D eigenvalue weighted by Gasteiger charge is -2.06. The van der Waals surface area contributed by atoms with Crippen LogP contribution < -0.4 is 5.56 Å². The highest BCUT2D eigenvalue weighted by Crippen LogP contribution is 2.28. The fourth-order valence-corrected chi connectivity index (χ4v) is 4.80.